The second kappa shape index (κ2) is 6.22. The van der Waals surface area contributed by atoms with Gasteiger partial charge in [0.1, 0.15) is 5.58 Å². The van der Waals surface area contributed by atoms with Gasteiger partial charge in [-0.05, 0) is 47.9 Å². The molecule has 2 aromatic heterocycles. The third-order valence-electron chi connectivity index (χ3n) is 4.86. The molecule has 0 amide bonds. The van der Waals surface area contributed by atoms with Gasteiger partial charge in [-0.3, -0.25) is 0 Å². The number of fused-ring (bicyclic) bond motifs is 3. The molecule has 0 fully saturated rings. The van der Waals surface area contributed by atoms with Crippen LogP contribution in [0.25, 0.3) is 32.8 Å². The Morgan fingerprint density at radius 3 is 2.19 bits per heavy atom. The van der Waals surface area contributed by atoms with E-state index in [1.165, 1.54) is 0 Å². The Bertz CT molecular complexity index is 1330. The van der Waals surface area contributed by atoms with Crippen molar-refractivity contribution in [2.75, 3.05) is 0 Å². The molecule has 27 heavy (non-hydrogen) atoms. The number of halogens is 1. The Morgan fingerprint density at radius 2 is 1.48 bits per heavy atom. The first-order valence-electron chi connectivity index (χ1n) is 8.68. The van der Waals surface area contributed by atoms with Crippen molar-refractivity contribution < 1.29 is 4.42 Å². The molecule has 130 valence electrons. The number of para-hydroxylation sites is 2. The van der Waals surface area contributed by atoms with E-state index in [-0.39, 0.29) is 5.63 Å². The number of pyridine rings is 1. The highest BCUT2D eigenvalue weighted by atomic mass is 35.5. The maximum absolute atomic E-state index is 12.1. The Hall–Kier alpha value is -3.17. The fourth-order valence-electron chi connectivity index (χ4n) is 3.65. The van der Waals surface area contributed by atoms with Gasteiger partial charge in [-0.25, -0.2) is 9.78 Å². The molecule has 5 rings (SSSR count). The molecule has 0 bridgehead atoms. The number of nitrogens with zero attached hydrogens (tertiary/aromatic N) is 1. The first-order valence-corrected chi connectivity index (χ1v) is 9.05. The van der Waals surface area contributed by atoms with Crippen molar-refractivity contribution >= 4 is 44.4 Å². The second-order valence-electron chi connectivity index (χ2n) is 6.53. The summed E-state index contributed by atoms with van der Waals surface area (Å²) < 4.78 is 5.34. The predicted octanol–water partition coefficient (Wildman–Crippen LogP) is 5.74. The molecule has 0 atom stereocenters. The average Bonchev–Trinajstić information content (AvgIpc) is 2.68. The van der Waals surface area contributed by atoms with E-state index in [4.69, 9.17) is 21.0 Å². The number of rotatable bonds is 2. The van der Waals surface area contributed by atoms with Crippen LogP contribution in [0.15, 0.2) is 82.0 Å². The lowest BCUT2D eigenvalue weighted by Gasteiger charge is -2.12. The fraction of sp³-hybridized carbons (Fsp3) is 0.0435. The minimum Gasteiger partial charge on any atom is -0.423 e. The van der Waals surface area contributed by atoms with Crippen LogP contribution in [0.1, 0.15) is 11.1 Å². The SMILES string of the molecule is O=c1cc(Cc2c3ccccc3nc3ccccc23)c2cc(Cl)ccc2o1. The lowest BCUT2D eigenvalue weighted by atomic mass is 9.95. The van der Waals surface area contributed by atoms with Crippen LogP contribution < -0.4 is 5.63 Å². The predicted molar refractivity (Wildman–Crippen MR) is 110 cm³/mol. The number of hydrogen-bond donors (Lipinski definition) is 0. The summed E-state index contributed by atoms with van der Waals surface area (Å²) in [5, 5.41) is 3.63. The third-order valence-corrected chi connectivity index (χ3v) is 5.09. The van der Waals surface area contributed by atoms with Gasteiger partial charge >= 0.3 is 5.63 Å². The van der Waals surface area contributed by atoms with E-state index in [1.807, 2.05) is 42.5 Å². The van der Waals surface area contributed by atoms with Crippen LogP contribution in [0.3, 0.4) is 0 Å². The van der Waals surface area contributed by atoms with Crippen molar-refractivity contribution in [2.24, 2.45) is 0 Å². The molecule has 0 aliphatic rings. The Morgan fingerprint density at radius 1 is 0.815 bits per heavy atom. The lowest BCUT2D eigenvalue weighted by Crippen LogP contribution is -2.02. The molecule has 0 spiro atoms. The summed E-state index contributed by atoms with van der Waals surface area (Å²) in [6.45, 7) is 0. The largest absolute Gasteiger partial charge is 0.423 e. The number of hydrogen-bond acceptors (Lipinski definition) is 3. The smallest absolute Gasteiger partial charge is 0.336 e. The van der Waals surface area contributed by atoms with Crippen LogP contribution in [-0.2, 0) is 6.42 Å². The summed E-state index contributed by atoms with van der Waals surface area (Å²) in [6.07, 6.45) is 0.589. The van der Waals surface area contributed by atoms with Crippen molar-refractivity contribution in [1.82, 2.24) is 4.98 Å². The lowest BCUT2D eigenvalue weighted by molar-refractivity contribution is 0.559. The van der Waals surface area contributed by atoms with E-state index in [0.29, 0.717) is 17.0 Å². The molecule has 4 heteroatoms. The fourth-order valence-corrected chi connectivity index (χ4v) is 3.83. The van der Waals surface area contributed by atoms with Crippen LogP contribution in [0.4, 0.5) is 0 Å². The Kier molecular flexibility index (Phi) is 3.69. The van der Waals surface area contributed by atoms with Gasteiger partial charge in [0.2, 0.25) is 0 Å². The molecular formula is C23H14ClNO2. The van der Waals surface area contributed by atoms with E-state index in [0.717, 1.165) is 38.3 Å². The highest BCUT2D eigenvalue weighted by Crippen LogP contribution is 2.30. The zero-order valence-electron chi connectivity index (χ0n) is 14.3. The van der Waals surface area contributed by atoms with Gasteiger partial charge in [0, 0.05) is 27.2 Å². The van der Waals surface area contributed by atoms with Crippen LogP contribution in [0, 0.1) is 0 Å². The standard InChI is InChI=1S/C23H14ClNO2/c24-15-9-10-22-18(13-15)14(12-23(26)27-22)11-19-16-5-1-3-7-20(16)25-21-8-4-2-6-17(19)21/h1-10,12-13H,11H2. The normalized spacial score (nSPS) is 11.4. The zero-order chi connectivity index (χ0) is 18.4. The molecular weight excluding hydrogens is 358 g/mol. The highest BCUT2D eigenvalue weighted by molar-refractivity contribution is 6.31. The van der Waals surface area contributed by atoms with Crippen LogP contribution in [0.5, 0.6) is 0 Å². The van der Waals surface area contributed by atoms with Gasteiger partial charge in [-0.2, -0.15) is 0 Å². The summed E-state index contributed by atoms with van der Waals surface area (Å²) in [4.78, 5) is 16.9. The van der Waals surface area contributed by atoms with Crippen LogP contribution in [-0.4, -0.2) is 4.98 Å². The summed E-state index contributed by atoms with van der Waals surface area (Å²) in [7, 11) is 0. The number of aromatic nitrogens is 1. The summed E-state index contributed by atoms with van der Waals surface area (Å²) >= 11 is 6.19. The van der Waals surface area contributed by atoms with Gasteiger partial charge in [0.05, 0.1) is 11.0 Å². The molecule has 0 radical (unpaired) electrons. The van der Waals surface area contributed by atoms with Crippen molar-refractivity contribution in [3.05, 3.63) is 99.4 Å². The van der Waals surface area contributed by atoms with Crippen molar-refractivity contribution in [1.29, 1.82) is 0 Å². The topological polar surface area (TPSA) is 43.1 Å². The van der Waals surface area contributed by atoms with E-state index in [9.17, 15) is 4.79 Å². The van der Waals surface area contributed by atoms with Gasteiger partial charge in [-0.15, -0.1) is 0 Å². The monoisotopic (exact) mass is 371 g/mol. The van der Waals surface area contributed by atoms with Gasteiger partial charge < -0.3 is 4.42 Å². The summed E-state index contributed by atoms with van der Waals surface area (Å²) in [5.41, 5.74) is 4.10. The molecule has 5 aromatic rings. The Balaban J connectivity index is 1.83. The molecule has 0 saturated heterocycles. The van der Waals surface area contributed by atoms with E-state index >= 15 is 0 Å². The van der Waals surface area contributed by atoms with Gasteiger partial charge in [0.15, 0.2) is 0 Å². The van der Waals surface area contributed by atoms with E-state index in [2.05, 4.69) is 12.1 Å². The molecule has 2 heterocycles. The quantitative estimate of drug-likeness (QED) is 0.293. The maximum Gasteiger partial charge on any atom is 0.336 e. The first-order chi connectivity index (χ1) is 13.2. The van der Waals surface area contributed by atoms with Gasteiger partial charge in [-0.1, -0.05) is 48.0 Å². The van der Waals surface area contributed by atoms with E-state index < -0.39 is 0 Å². The van der Waals surface area contributed by atoms with Crippen LogP contribution >= 0.6 is 11.6 Å². The molecule has 3 nitrogen and oxygen atoms in total. The average molecular weight is 372 g/mol. The minimum atomic E-state index is -0.359. The zero-order valence-corrected chi connectivity index (χ0v) is 15.0. The Labute approximate surface area is 159 Å². The molecule has 0 aliphatic heterocycles. The molecule has 0 N–H and O–H groups in total. The van der Waals surface area contributed by atoms with Crippen molar-refractivity contribution in [3.63, 3.8) is 0 Å². The van der Waals surface area contributed by atoms with E-state index in [1.54, 1.807) is 18.2 Å². The second-order valence-corrected chi connectivity index (χ2v) is 6.97. The maximum atomic E-state index is 12.1. The number of benzene rings is 3. The van der Waals surface area contributed by atoms with Crippen molar-refractivity contribution in [3.8, 4) is 0 Å². The molecule has 0 unspecified atom stereocenters. The molecule has 0 aliphatic carbocycles. The summed E-state index contributed by atoms with van der Waals surface area (Å²) in [6, 6.07) is 23.0. The van der Waals surface area contributed by atoms with Crippen LogP contribution in [0.2, 0.25) is 5.02 Å². The first kappa shape index (κ1) is 16.0. The minimum absolute atomic E-state index is 0.359. The molecule has 3 aromatic carbocycles. The highest BCUT2D eigenvalue weighted by Gasteiger charge is 2.13. The molecule has 0 saturated carbocycles. The van der Waals surface area contributed by atoms with Crippen molar-refractivity contribution in [2.45, 2.75) is 6.42 Å². The summed E-state index contributed by atoms with van der Waals surface area (Å²) in [5.74, 6) is 0. The van der Waals surface area contributed by atoms with Gasteiger partial charge in [0.25, 0.3) is 0 Å². The third kappa shape index (κ3) is 2.77.